The lowest BCUT2D eigenvalue weighted by Gasteiger charge is -2.20. The third-order valence-corrected chi connectivity index (χ3v) is 2.76. The first kappa shape index (κ1) is 14.4. The summed E-state index contributed by atoms with van der Waals surface area (Å²) in [6, 6.07) is 3.38. The van der Waals surface area contributed by atoms with Gasteiger partial charge >= 0.3 is 0 Å². The molecule has 1 rings (SSSR count). The fraction of sp³-hybridized carbons (Fsp3) is 0.538. The molecule has 1 amide bonds. The van der Waals surface area contributed by atoms with Gasteiger partial charge in [-0.2, -0.15) is 0 Å². The van der Waals surface area contributed by atoms with Crippen LogP contribution in [0.2, 0.25) is 0 Å². The number of nitrogens with zero attached hydrogens (tertiary/aromatic N) is 2. The predicted octanol–water partition coefficient (Wildman–Crippen LogP) is 1.07. The zero-order valence-corrected chi connectivity index (χ0v) is 11.0. The van der Waals surface area contributed by atoms with E-state index in [0.29, 0.717) is 30.9 Å². The van der Waals surface area contributed by atoms with Crippen molar-refractivity contribution in [1.82, 2.24) is 9.88 Å². The average Bonchev–Trinajstić information content (AvgIpc) is 2.38. The van der Waals surface area contributed by atoms with E-state index in [0.717, 1.165) is 12.1 Å². The van der Waals surface area contributed by atoms with Crippen LogP contribution in [0.4, 0.5) is 5.82 Å². The van der Waals surface area contributed by atoms with E-state index in [1.807, 2.05) is 13.8 Å². The number of carbonyl (C=O) groups is 1. The minimum absolute atomic E-state index is 0.0604. The smallest absolute Gasteiger partial charge is 0.254 e. The molecule has 0 aliphatic rings. The van der Waals surface area contributed by atoms with Gasteiger partial charge in [0, 0.05) is 31.0 Å². The normalized spacial score (nSPS) is 10.4. The number of anilines is 1. The molecule has 1 aromatic heterocycles. The number of nitrogens with two attached hydrogens (primary N) is 1. The Labute approximate surface area is 108 Å². The molecule has 0 aliphatic heterocycles. The highest BCUT2D eigenvalue weighted by Gasteiger charge is 2.15. The van der Waals surface area contributed by atoms with Crippen molar-refractivity contribution in [2.45, 2.75) is 26.7 Å². The van der Waals surface area contributed by atoms with E-state index in [1.165, 1.54) is 0 Å². The summed E-state index contributed by atoms with van der Waals surface area (Å²) < 4.78 is 0. The lowest BCUT2D eigenvalue weighted by atomic mass is 10.1. The molecule has 0 aliphatic carbocycles. The van der Waals surface area contributed by atoms with E-state index in [4.69, 9.17) is 10.8 Å². The molecule has 18 heavy (non-hydrogen) atoms. The number of hydrogen-bond donors (Lipinski definition) is 2. The Kier molecular flexibility index (Phi) is 5.58. The summed E-state index contributed by atoms with van der Waals surface area (Å²) in [6.07, 6.45) is 1.33. The van der Waals surface area contributed by atoms with Crippen LogP contribution in [0.1, 0.15) is 36.3 Å². The highest BCUT2D eigenvalue weighted by molar-refractivity contribution is 5.95. The lowest BCUT2D eigenvalue weighted by molar-refractivity contribution is 0.0754. The van der Waals surface area contributed by atoms with Crippen LogP contribution in [0.5, 0.6) is 0 Å². The fourth-order valence-electron chi connectivity index (χ4n) is 1.76. The fourth-order valence-corrected chi connectivity index (χ4v) is 1.76. The molecule has 1 aromatic rings. The minimum Gasteiger partial charge on any atom is -0.396 e. The van der Waals surface area contributed by atoms with Gasteiger partial charge in [0.1, 0.15) is 5.82 Å². The van der Waals surface area contributed by atoms with Crippen molar-refractivity contribution < 1.29 is 9.90 Å². The van der Waals surface area contributed by atoms with Crippen molar-refractivity contribution in [3.05, 3.63) is 23.4 Å². The van der Waals surface area contributed by atoms with Crippen molar-refractivity contribution in [2.24, 2.45) is 0 Å². The number of carbonyl (C=O) groups excluding carboxylic acids is 1. The van der Waals surface area contributed by atoms with Gasteiger partial charge in [0.15, 0.2) is 0 Å². The number of amides is 1. The monoisotopic (exact) mass is 251 g/mol. The molecule has 1 heterocycles. The average molecular weight is 251 g/mol. The Morgan fingerprint density at radius 3 is 2.72 bits per heavy atom. The second-order valence-corrected chi connectivity index (χ2v) is 4.09. The third kappa shape index (κ3) is 3.70. The van der Waals surface area contributed by atoms with Crippen LogP contribution < -0.4 is 5.73 Å². The first-order chi connectivity index (χ1) is 8.62. The second-order valence-electron chi connectivity index (χ2n) is 4.09. The quantitative estimate of drug-likeness (QED) is 0.792. The number of hydrogen-bond acceptors (Lipinski definition) is 4. The molecule has 0 atom stereocenters. The van der Waals surface area contributed by atoms with Gasteiger partial charge in [0.05, 0.1) is 0 Å². The Bertz CT molecular complexity index is 407. The van der Waals surface area contributed by atoms with Crippen molar-refractivity contribution in [2.75, 3.05) is 25.4 Å². The molecule has 5 heteroatoms. The molecule has 0 aromatic carbocycles. The molecule has 0 saturated carbocycles. The van der Waals surface area contributed by atoms with Gasteiger partial charge in [0.25, 0.3) is 5.91 Å². The summed E-state index contributed by atoms with van der Waals surface area (Å²) in [4.78, 5) is 18.1. The number of aromatic nitrogens is 1. The highest BCUT2D eigenvalue weighted by Crippen LogP contribution is 2.11. The Hall–Kier alpha value is -1.62. The topological polar surface area (TPSA) is 79.5 Å². The number of pyridine rings is 1. The summed E-state index contributed by atoms with van der Waals surface area (Å²) in [5.74, 6) is 0.311. The van der Waals surface area contributed by atoms with Crippen LogP contribution in [0.3, 0.4) is 0 Å². The van der Waals surface area contributed by atoms with Gasteiger partial charge < -0.3 is 15.7 Å². The van der Waals surface area contributed by atoms with Gasteiger partial charge in [-0.25, -0.2) is 4.98 Å². The van der Waals surface area contributed by atoms with Crippen LogP contribution in [0, 0.1) is 0 Å². The number of rotatable bonds is 6. The van der Waals surface area contributed by atoms with Gasteiger partial charge in [0.2, 0.25) is 0 Å². The number of aryl methyl sites for hydroxylation is 1. The molecule has 0 fully saturated rings. The molecule has 0 bridgehead atoms. The zero-order chi connectivity index (χ0) is 13.5. The molecule has 0 saturated heterocycles. The third-order valence-electron chi connectivity index (χ3n) is 2.76. The van der Waals surface area contributed by atoms with E-state index in [-0.39, 0.29) is 12.5 Å². The summed E-state index contributed by atoms with van der Waals surface area (Å²) >= 11 is 0. The molecule has 5 nitrogen and oxygen atoms in total. The Morgan fingerprint density at radius 1 is 1.44 bits per heavy atom. The molecule has 100 valence electrons. The number of aliphatic hydroxyl groups excluding tert-OH is 1. The van der Waals surface area contributed by atoms with Crippen LogP contribution >= 0.6 is 0 Å². The summed E-state index contributed by atoms with van der Waals surface area (Å²) in [7, 11) is 0. The molecule has 3 N–H and O–H groups in total. The standard InChI is InChI=1S/C13H21N3O2/c1-3-11-8-10(9-12(14)15-11)13(18)16(4-2)6-5-7-17/h8-9,17H,3-7H2,1-2H3,(H2,14,15). The largest absolute Gasteiger partial charge is 0.396 e. The summed E-state index contributed by atoms with van der Waals surface area (Å²) in [5.41, 5.74) is 7.08. The molecular formula is C13H21N3O2. The summed E-state index contributed by atoms with van der Waals surface area (Å²) in [6.45, 7) is 5.14. The van der Waals surface area contributed by atoms with Gasteiger partial charge in [-0.1, -0.05) is 6.92 Å². The first-order valence-corrected chi connectivity index (χ1v) is 6.28. The maximum absolute atomic E-state index is 12.3. The number of nitrogen functional groups attached to an aromatic ring is 1. The molecule has 0 unspecified atom stereocenters. The van der Waals surface area contributed by atoms with Crippen molar-refractivity contribution in [3.63, 3.8) is 0 Å². The number of aliphatic hydroxyl groups is 1. The highest BCUT2D eigenvalue weighted by atomic mass is 16.3. The van der Waals surface area contributed by atoms with Crippen LogP contribution in [0.25, 0.3) is 0 Å². The SMILES string of the molecule is CCc1cc(C(=O)N(CC)CCCO)cc(N)n1. The van der Waals surface area contributed by atoms with E-state index < -0.39 is 0 Å². The Balaban J connectivity index is 2.90. The first-order valence-electron chi connectivity index (χ1n) is 6.28. The van der Waals surface area contributed by atoms with E-state index >= 15 is 0 Å². The van der Waals surface area contributed by atoms with Gasteiger partial charge in [-0.05, 0) is 31.9 Å². The maximum Gasteiger partial charge on any atom is 0.254 e. The molecular weight excluding hydrogens is 230 g/mol. The minimum atomic E-state index is -0.0604. The summed E-state index contributed by atoms with van der Waals surface area (Å²) in [5, 5.41) is 8.82. The second kappa shape index (κ2) is 6.96. The van der Waals surface area contributed by atoms with Crippen molar-refractivity contribution >= 4 is 11.7 Å². The van der Waals surface area contributed by atoms with E-state index in [9.17, 15) is 4.79 Å². The van der Waals surface area contributed by atoms with Crippen molar-refractivity contribution in [1.29, 1.82) is 0 Å². The van der Waals surface area contributed by atoms with Crippen LogP contribution in [0.15, 0.2) is 12.1 Å². The molecule has 0 spiro atoms. The Morgan fingerprint density at radius 2 is 2.17 bits per heavy atom. The zero-order valence-electron chi connectivity index (χ0n) is 11.0. The van der Waals surface area contributed by atoms with Gasteiger partial charge in [-0.3, -0.25) is 4.79 Å². The van der Waals surface area contributed by atoms with E-state index in [2.05, 4.69) is 4.98 Å². The van der Waals surface area contributed by atoms with Gasteiger partial charge in [-0.15, -0.1) is 0 Å². The van der Waals surface area contributed by atoms with E-state index in [1.54, 1.807) is 17.0 Å². The van der Waals surface area contributed by atoms with Crippen LogP contribution in [-0.2, 0) is 6.42 Å². The maximum atomic E-state index is 12.3. The molecule has 0 radical (unpaired) electrons. The predicted molar refractivity (Wildman–Crippen MR) is 71.3 cm³/mol. The lowest BCUT2D eigenvalue weighted by Crippen LogP contribution is -2.32. The van der Waals surface area contributed by atoms with Crippen LogP contribution in [-0.4, -0.2) is 40.6 Å². The van der Waals surface area contributed by atoms with Crippen molar-refractivity contribution in [3.8, 4) is 0 Å².